The second-order valence-electron chi connectivity index (χ2n) is 7.07. The third-order valence-electron chi connectivity index (χ3n) is 5.23. The Morgan fingerprint density at radius 2 is 2.14 bits per heavy atom. The fourth-order valence-electron chi connectivity index (χ4n) is 3.71. The number of hydrogen-bond acceptors (Lipinski definition) is 6. The van der Waals surface area contributed by atoms with Gasteiger partial charge in [-0.3, -0.25) is 4.79 Å². The lowest BCUT2D eigenvalue weighted by molar-refractivity contribution is -0.123. The molecule has 2 aromatic heterocycles. The van der Waals surface area contributed by atoms with Crippen LogP contribution in [0.5, 0.6) is 0 Å². The Morgan fingerprint density at radius 3 is 2.93 bits per heavy atom. The van der Waals surface area contributed by atoms with E-state index >= 15 is 0 Å². The van der Waals surface area contributed by atoms with Crippen molar-refractivity contribution < 1.29 is 14.6 Å². The SMILES string of the molecule is COCCn1c(CO)nnc1C1CC(NC(=O)Cn2cnc3ccccc32)C1. The second-order valence-corrected chi connectivity index (χ2v) is 7.07. The molecule has 0 atom stereocenters. The summed E-state index contributed by atoms with van der Waals surface area (Å²) >= 11 is 0. The summed E-state index contributed by atoms with van der Waals surface area (Å²) in [7, 11) is 1.64. The zero-order valence-corrected chi connectivity index (χ0v) is 15.8. The summed E-state index contributed by atoms with van der Waals surface area (Å²) in [4.78, 5) is 16.7. The zero-order chi connectivity index (χ0) is 19.5. The van der Waals surface area contributed by atoms with Crippen molar-refractivity contribution >= 4 is 16.9 Å². The number of aliphatic hydroxyl groups is 1. The minimum Gasteiger partial charge on any atom is -0.388 e. The number of aliphatic hydroxyl groups excluding tert-OH is 1. The zero-order valence-electron chi connectivity index (χ0n) is 15.8. The second kappa shape index (κ2) is 8.07. The van der Waals surface area contributed by atoms with Gasteiger partial charge in [-0.2, -0.15) is 0 Å². The molecule has 9 nitrogen and oxygen atoms in total. The first kappa shape index (κ1) is 18.6. The van der Waals surface area contributed by atoms with Gasteiger partial charge in [-0.1, -0.05) is 12.1 Å². The summed E-state index contributed by atoms with van der Waals surface area (Å²) in [5, 5.41) is 20.8. The summed E-state index contributed by atoms with van der Waals surface area (Å²) in [6.07, 6.45) is 3.32. The molecule has 2 N–H and O–H groups in total. The number of nitrogens with zero attached hydrogens (tertiary/aromatic N) is 5. The van der Waals surface area contributed by atoms with E-state index in [4.69, 9.17) is 4.74 Å². The van der Waals surface area contributed by atoms with Crippen molar-refractivity contribution in [3.63, 3.8) is 0 Å². The van der Waals surface area contributed by atoms with Crippen molar-refractivity contribution in [3.8, 4) is 0 Å². The summed E-state index contributed by atoms with van der Waals surface area (Å²) in [5.74, 6) is 1.60. The predicted octanol–water partition coefficient (Wildman–Crippen LogP) is 0.829. The largest absolute Gasteiger partial charge is 0.388 e. The van der Waals surface area contributed by atoms with Crippen molar-refractivity contribution in [2.24, 2.45) is 0 Å². The van der Waals surface area contributed by atoms with E-state index in [1.54, 1.807) is 13.4 Å². The Kier molecular flexibility index (Phi) is 5.36. The molecule has 28 heavy (non-hydrogen) atoms. The lowest BCUT2D eigenvalue weighted by Crippen LogP contribution is -2.45. The number of benzene rings is 1. The van der Waals surface area contributed by atoms with Gasteiger partial charge in [-0.25, -0.2) is 4.98 Å². The highest BCUT2D eigenvalue weighted by Gasteiger charge is 2.35. The van der Waals surface area contributed by atoms with E-state index in [-0.39, 0.29) is 31.0 Å². The predicted molar refractivity (Wildman–Crippen MR) is 101 cm³/mol. The molecule has 4 rings (SSSR count). The van der Waals surface area contributed by atoms with Gasteiger partial charge in [0.25, 0.3) is 0 Å². The van der Waals surface area contributed by atoms with Gasteiger partial charge in [0, 0.05) is 25.6 Å². The van der Waals surface area contributed by atoms with Crippen LogP contribution in [0.25, 0.3) is 11.0 Å². The highest BCUT2D eigenvalue weighted by Crippen LogP contribution is 2.36. The van der Waals surface area contributed by atoms with Crippen LogP contribution in [0.15, 0.2) is 30.6 Å². The first-order valence-corrected chi connectivity index (χ1v) is 9.40. The topological polar surface area (TPSA) is 107 Å². The molecule has 3 aromatic rings. The molecular formula is C19H24N6O3. The summed E-state index contributed by atoms with van der Waals surface area (Å²) in [5.41, 5.74) is 1.83. The van der Waals surface area contributed by atoms with Gasteiger partial charge in [0.15, 0.2) is 5.82 Å². The minimum atomic E-state index is -0.150. The quantitative estimate of drug-likeness (QED) is 0.596. The molecule has 0 spiro atoms. The van der Waals surface area contributed by atoms with Crippen LogP contribution in [-0.2, 0) is 29.2 Å². The van der Waals surface area contributed by atoms with E-state index < -0.39 is 0 Å². The molecule has 1 saturated carbocycles. The first-order chi connectivity index (χ1) is 13.7. The Labute approximate surface area is 162 Å². The van der Waals surface area contributed by atoms with E-state index in [1.165, 1.54) is 0 Å². The van der Waals surface area contributed by atoms with Crippen LogP contribution in [-0.4, -0.2) is 55.1 Å². The van der Waals surface area contributed by atoms with E-state index in [0.717, 1.165) is 29.7 Å². The first-order valence-electron chi connectivity index (χ1n) is 9.40. The number of imidazole rings is 1. The molecule has 9 heteroatoms. The molecule has 0 radical (unpaired) electrons. The van der Waals surface area contributed by atoms with Crippen molar-refractivity contribution in [1.82, 2.24) is 29.6 Å². The van der Waals surface area contributed by atoms with Gasteiger partial charge in [0.05, 0.1) is 24.0 Å². The Morgan fingerprint density at radius 1 is 1.32 bits per heavy atom. The van der Waals surface area contributed by atoms with E-state index in [1.807, 2.05) is 33.4 Å². The standard InChI is InChI=1S/C19H24N6O3/c1-28-7-6-25-17(11-26)22-23-19(25)13-8-14(9-13)21-18(27)10-24-12-20-15-4-2-3-5-16(15)24/h2-5,12-14,26H,6-11H2,1H3,(H,21,27). The van der Waals surface area contributed by atoms with Crippen LogP contribution >= 0.6 is 0 Å². The number of rotatable bonds is 8. The van der Waals surface area contributed by atoms with Crippen molar-refractivity contribution in [2.45, 2.75) is 44.5 Å². The van der Waals surface area contributed by atoms with Gasteiger partial charge in [0.2, 0.25) is 5.91 Å². The molecular weight excluding hydrogens is 360 g/mol. The molecule has 0 aliphatic heterocycles. The Balaban J connectivity index is 1.33. The molecule has 1 amide bonds. The molecule has 1 aliphatic rings. The maximum Gasteiger partial charge on any atom is 0.240 e. The third-order valence-corrected chi connectivity index (χ3v) is 5.23. The number of ether oxygens (including phenoxy) is 1. The number of hydrogen-bond donors (Lipinski definition) is 2. The van der Waals surface area contributed by atoms with Crippen molar-refractivity contribution in [1.29, 1.82) is 0 Å². The van der Waals surface area contributed by atoms with E-state index in [2.05, 4.69) is 20.5 Å². The van der Waals surface area contributed by atoms with Crippen LogP contribution in [0.2, 0.25) is 0 Å². The molecule has 2 heterocycles. The molecule has 1 fully saturated rings. The number of aromatic nitrogens is 5. The summed E-state index contributed by atoms with van der Waals surface area (Å²) in [6, 6.07) is 7.88. The summed E-state index contributed by atoms with van der Waals surface area (Å²) < 4.78 is 8.91. The number of para-hydroxylation sites is 2. The fraction of sp³-hybridized carbons (Fsp3) is 0.474. The lowest BCUT2D eigenvalue weighted by atomic mass is 9.79. The molecule has 0 unspecified atom stereocenters. The Bertz CT molecular complexity index is 960. The smallest absolute Gasteiger partial charge is 0.240 e. The van der Waals surface area contributed by atoms with Crippen molar-refractivity contribution in [3.05, 3.63) is 42.2 Å². The molecule has 1 aliphatic carbocycles. The Hall–Kier alpha value is -2.78. The summed E-state index contributed by atoms with van der Waals surface area (Å²) in [6.45, 7) is 1.24. The number of carbonyl (C=O) groups excluding carboxylic acids is 1. The van der Waals surface area contributed by atoms with Gasteiger partial charge in [0.1, 0.15) is 19.0 Å². The fourth-order valence-corrected chi connectivity index (χ4v) is 3.71. The highest BCUT2D eigenvalue weighted by molar-refractivity contribution is 5.80. The van der Waals surface area contributed by atoms with Crippen LogP contribution in [0.4, 0.5) is 0 Å². The molecule has 148 valence electrons. The highest BCUT2D eigenvalue weighted by atomic mass is 16.5. The number of carbonyl (C=O) groups is 1. The maximum atomic E-state index is 12.4. The van der Waals surface area contributed by atoms with Gasteiger partial charge in [-0.05, 0) is 25.0 Å². The van der Waals surface area contributed by atoms with Crippen molar-refractivity contribution in [2.75, 3.05) is 13.7 Å². The van der Waals surface area contributed by atoms with Gasteiger partial charge >= 0.3 is 0 Å². The van der Waals surface area contributed by atoms with E-state index in [0.29, 0.717) is 19.0 Å². The van der Waals surface area contributed by atoms with E-state index in [9.17, 15) is 9.90 Å². The normalized spacial score (nSPS) is 18.9. The maximum absolute atomic E-state index is 12.4. The van der Waals surface area contributed by atoms with Crippen LogP contribution < -0.4 is 5.32 Å². The van der Waals surface area contributed by atoms with Crippen LogP contribution in [0, 0.1) is 0 Å². The number of amides is 1. The number of fused-ring (bicyclic) bond motifs is 1. The monoisotopic (exact) mass is 384 g/mol. The number of methoxy groups -OCH3 is 1. The number of nitrogens with one attached hydrogen (secondary N) is 1. The minimum absolute atomic E-state index is 0.0245. The molecule has 0 saturated heterocycles. The third kappa shape index (κ3) is 3.63. The average Bonchev–Trinajstić information content (AvgIpc) is 3.26. The lowest BCUT2D eigenvalue weighted by Gasteiger charge is -2.35. The average molecular weight is 384 g/mol. The van der Waals surface area contributed by atoms with Crippen LogP contribution in [0.3, 0.4) is 0 Å². The molecule has 1 aromatic carbocycles. The molecule has 0 bridgehead atoms. The van der Waals surface area contributed by atoms with Crippen LogP contribution in [0.1, 0.15) is 30.4 Å². The van der Waals surface area contributed by atoms with Gasteiger partial charge < -0.3 is 24.3 Å². The van der Waals surface area contributed by atoms with Gasteiger partial charge in [-0.15, -0.1) is 10.2 Å².